The Bertz CT molecular complexity index is 648. The highest BCUT2D eigenvalue weighted by atomic mass is 16.3. The predicted molar refractivity (Wildman–Crippen MR) is 85.2 cm³/mol. The lowest BCUT2D eigenvalue weighted by Gasteiger charge is -2.29. The van der Waals surface area contributed by atoms with Crippen LogP contribution in [0.1, 0.15) is 43.1 Å². The number of hydrogen-bond donors (Lipinski definition) is 2. The average Bonchev–Trinajstić information content (AvgIpc) is 3.00. The summed E-state index contributed by atoms with van der Waals surface area (Å²) in [5, 5.41) is 3.08. The van der Waals surface area contributed by atoms with Gasteiger partial charge in [0.2, 0.25) is 5.89 Å². The SMILES string of the molecule is CC1CCCCC1NC(=O)c1coc(-c2ccc(N)cc2)n1. The largest absolute Gasteiger partial charge is 0.444 e. The fourth-order valence-corrected chi connectivity index (χ4v) is 2.91. The molecule has 1 aliphatic rings. The molecule has 1 amide bonds. The van der Waals surface area contributed by atoms with Crippen molar-refractivity contribution in [2.45, 2.75) is 38.6 Å². The molecule has 2 atom stereocenters. The van der Waals surface area contributed by atoms with Gasteiger partial charge in [0.25, 0.3) is 5.91 Å². The summed E-state index contributed by atoms with van der Waals surface area (Å²) in [7, 11) is 0. The number of nitrogens with zero attached hydrogens (tertiary/aromatic N) is 1. The van der Waals surface area contributed by atoms with Crippen LogP contribution in [0.3, 0.4) is 0 Å². The Morgan fingerprint density at radius 1 is 1.27 bits per heavy atom. The normalized spacial score (nSPS) is 21.5. The van der Waals surface area contributed by atoms with Crippen LogP contribution in [-0.2, 0) is 0 Å². The van der Waals surface area contributed by atoms with E-state index in [1.54, 1.807) is 12.1 Å². The number of carbonyl (C=O) groups excluding carboxylic acids is 1. The molecule has 1 fully saturated rings. The standard InChI is InChI=1S/C17H21N3O2/c1-11-4-2-3-5-14(11)19-16(21)15-10-22-17(20-15)12-6-8-13(18)9-7-12/h6-11,14H,2-5,18H2,1H3,(H,19,21). The Balaban J connectivity index is 1.70. The number of amides is 1. The maximum atomic E-state index is 12.3. The van der Waals surface area contributed by atoms with Gasteiger partial charge in [-0.05, 0) is 43.0 Å². The molecule has 1 aliphatic carbocycles. The fraction of sp³-hybridized carbons (Fsp3) is 0.412. The van der Waals surface area contributed by atoms with Crippen molar-refractivity contribution in [2.75, 3.05) is 5.73 Å². The van der Waals surface area contributed by atoms with Gasteiger partial charge in [-0.3, -0.25) is 4.79 Å². The summed E-state index contributed by atoms with van der Waals surface area (Å²) in [6, 6.07) is 7.45. The van der Waals surface area contributed by atoms with Crippen molar-refractivity contribution in [1.82, 2.24) is 10.3 Å². The van der Waals surface area contributed by atoms with E-state index >= 15 is 0 Å². The summed E-state index contributed by atoms with van der Waals surface area (Å²) < 4.78 is 5.41. The molecule has 3 rings (SSSR count). The number of rotatable bonds is 3. The van der Waals surface area contributed by atoms with Gasteiger partial charge < -0.3 is 15.5 Å². The molecule has 5 nitrogen and oxygen atoms in total. The van der Waals surface area contributed by atoms with E-state index in [9.17, 15) is 4.79 Å². The molecule has 2 aromatic rings. The lowest BCUT2D eigenvalue weighted by Crippen LogP contribution is -2.41. The van der Waals surface area contributed by atoms with Crippen LogP contribution < -0.4 is 11.1 Å². The van der Waals surface area contributed by atoms with Crippen molar-refractivity contribution in [3.8, 4) is 11.5 Å². The van der Waals surface area contributed by atoms with Crippen LogP contribution >= 0.6 is 0 Å². The summed E-state index contributed by atoms with van der Waals surface area (Å²) >= 11 is 0. The Morgan fingerprint density at radius 3 is 2.73 bits per heavy atom. The van der Waals surface area contributed by atoms with Gasteiger partial charge in [0, 0.05) is 17.3 Å². The van der Waals surface area contributed by atoms with Gasteiger partial charge in [0.05, 0.1) is 0 Å². The molecule has 1 aromatic carbocycles. The van der Waals surface area contributed by atoms with Crippen molar-refractivity contribution < 1.29 is 9.21 Å². The van der Waals surface area contributed by atoms with Crippen LogP contribution in [0.15, 0.2) is 34.9 Å². The van der Waals surface area contributed by atoms with Crippen LogP contribution in [0.5, 0.6) is 0 Å². The number of oxazole rings is 1. The second kappa shape index (κ2) is 6.22. The van der Waals surface area contributed by atoms with Crippen LogP contribution in [0.25, 0.3) is 11.5 Å². The Kier molecular flexibility index (Phi) is 4.13. The fourth-order valence-electron chi connectivity index (χ4n) is 2.91. The first kappa shape index (κ1) is 14.6. The second-order valence-corrected chi connectivity index (χ2v) is 6.00. The van der Waals surface area contributed by atoms with E-state index in [2.05, 4.69) is 17.2 Å². The first-order valence-corrected chi connectivity index (χ1v) is 7.76. The molecule has 0 radical (unpaired) electrons. The van der Waals surface area contributed by atoms with Gasteiger partial charge in [-0.2, -0.15) is 0 Å². The van der Waals surface area contributed by atoms with Crippen LogP contribution in [0.2, 0.25) is 0 Å². The molecule has 3 N–H and O–H groups in total. The summed E-state index contributed by atoms with van der Waals surface area (Å²) in [6.07, 6.45) is 6.04. The van der Waals surface area contributed by atoms with Gasteiger partial charge >= 0.3 is 0 Å². The Labute approximate surface area is 129 Å². The minimum absolute atomic E-state index is 0.163. The van der Waals surface area contributed by atoms with Gasteiger partial charge in [0.15, 0.2) is 5.69 Å². The molecular weight excluding hydrogens is 278 g/mol. The predicted octanol–water partition coefficient (Wildman–Crippen LogP) is 3.23. The number of anilines is 1. The molecular formula is C17H21N3O2. The molecule has 116 valence electrons. The highest BCUT2D eigenvalue weighted by Crippen LogP contribution is 2.24. The van der Waals surface area contributed by atoms with E-state index in [0.29, 0.717) is 23.2 Å². The highest BCUT2D eigenvalue weighted by Gasteiger charge is 2.24. The minimum Gasteiger partial charge on any atom is -0.444 e. The topological polar surface area (TPSA) is 81.2 Å². The zero-order valence-corrected chi connectivity index (χ0v) is 12.7. The lowest BCUT2D eigenvalue weighted by molar-refractivity contribution is 0.0905. The summed E-state index contributed by atoms with van der Waals surface area (Å²) in [6.45, 7) is 2.19. The van der Waals surface area contributed by atoms with E-state index in [1.165, 1.54) is 25.5 Å². The zero-order valence-electron chi connectivity index (χ0n) is 12.7. The van der Waals surface area contributed by atoms with E-state index in [1.807, 2.05) is 12.1 Å². The minimum atomic E-state index is -0.163. The van der Waals surface area contributed by atoms with Crippen LogP contribution in [0, 0.1) is 5.92 Å². The quantitative estimate of drug-likeness (QED) is 0.853. The molecule has 22 heavy (non-hydrogen) atoms. The number of aromatic nitrogens is 1. The zero-order chi connectivity index (χ0) is 15.5. The van der Waals surface area contributed by atoms with Crippen molar-refractivity contribution in [3.05, 3.63) is 36.2 Å². The number of benzene rings is 1. The van der Waals surface area contributed by atoms with Gasteiger partial charge in [0.1, 0.15) is 6.26 Å². The summed E-state index contributed by atoms with van der Waals surface area (Å²) in [5.41, 5.74) is 7.47. The maximum Gasteiger partial charge on any atom is 0.273 e. The third-order valence-corrected chi connectivity index (χ3v) is 4.32. The van der Waals surface area contributed by atoms with E-state index in [4.69, 9.17) is 10.2 Å². The molecule has 1 saturated carbocycles. The van der Waals surface area contributed by atoms with Crippen LogP contribution in [-0.4, -0.2) is 16.9 Å². The summed E-state index contributed by atoms with van der Waals surface area (Å²) in [4.78, 5) is 16.6. The molecule has 0 spiro atoms. The first-order valence-electron chi connectivity index (χ1n) is 7.76. The molecule has 1 aromatic heterocycles. The van der Waals surface area contributed by atoms with E-state index in [-0.39, 0.29) is 11.9 Å². The average molecular weight is 299 g/mol. The monoisotopic (exact) mass is 299 g/mol. The van der Waals surface area contributed by atoms with Crippen molar-refractivity contribution in [1.29, 1.82) is 0 Å². The number of nitrogen functional groups attached to an aromatic ring is 1. The number of nitrogens with two attached hydrogens (primary N) is 1. The Hall–Kier alpha value is -2.30. The molecule has 0 saturated heterocycles. The highest BCUT2D eigenvalue weighted by molar-refractivity contribution is 5.92. The van der Waals surface area contributed by atoms with Gasteiger partial charge in [-0.25, -0.2) is 4.98 Å². The summed E-state index contributed by atoms with van der Waals surface area (Å²) in [5.74, 6) is 0.784. The van der Waals surface area contributed by atoms with E-state index < -0.39 is 0 Å². The van der Waals surface area contributed by atoms with Gasteiger partial charge in [-0.15, -0.1) is 0 Å². The van der Waals surface area contributed by atoms with Crippen molar-refractivity contribution in [2.24, 2.45) is 5.92 Å². The molecule has 0 aliphatic heterocycles. The second-order valence-electron chi connectivity index (χ2n) is 6.00. The number of hydrogen-bond acceptors (Lipinski definition) is 4. The van der Waals surface area contributed by atoms with Crippen LogP contribution in [0.4, 0.5) is 5.69 Å². The third-order valence-electron chi connectivity index (χ3n) is 4.32. The number of carbonyl (C=O) groups is 1. The molecule has 1 heterocycles. The lowest BCUT2D eigenvalue weighted by atomic mass is 9.86. The first-order chi connectivity index (χ1) is 10.6. The maximum absolute atomic E-state index is 12.3. The molecule has 0 bridgehead atoms. The molecule has 5 heteroatoms. The van der Waals surface area contributed by atoms with E-state index in [0.717, 1.165) is 12.0 Å². The molecule has 2 unspecified atom stereocenters. The van der Waals surface area contributed by atoms with Crippen molar-refractivity contribution in [3.63, 3.8) is 0 Å². The third kappa shape index (κ3) is 3.13. The van der Waals surface area contributed by atoms with Crippen molar-refractivity contribution >= 4 is 11.6 Å². The number of nitrogens with one attached hydrogen (secondary N) is 1. The Morgan fingerprint density at radius 2 is 2.00 bits per heavy atom. The smallest absolute Gasteiger partial charge is 0.273 e. The van der Waals surface area contributed by atoms with Gasteiger partial charge in [-0.1, -0.05) is 19.8 Å².